The number of aromatic nitrogens is 2. The van der Waals surface area contributed by atoms with Gasteiger partial charge in [-0.05, 0) is 43.4 Å². The molecule has 39 heavy (non-hydrogen) atoms. The first-order valence-electron chi connectivity index (χ1n) is 12.7. The quantitative estimate of drug-likeness (QED) is 0.126. The van der Waals surface area contributed by atoms with Crippen molar-refractivity contribution in [3.63, 3.8) is 0 Å². The molecule has 0 spiro atoms. The van der Waals surface area contributed by atoms with Crippen LogP contribution >= 0.6 is 0 Å². The Bertz CT molecular complexity index is 1430. The Labute approximate surface area is 228 Å². The van der Waals surface area contributed by atoms with Crippen molar-refractivity contribution in [2.24, 2.45) is 0 Å². The third-order valence-corrected chi connectivity index (χ3v) is 6.27. The predicted molar refractivity (Wildman–Crippen MR) is 151 cm³/mol. The van der Waals surface area contributed by atoms with Crippen LogP contribution in [0.2, 0.25) is 0 Å². The summed E-state index contributed by atoms with van der Waals surface area (Å²) in [6.45, 7) is 6.48. The fourth-order valence-electron chi connectivity index (χ4n) is 4.24. The number of hydrogen-bond acceptors (Lipinski definition) is 7. The molecule has 0 aliphatic heterocycles. The van der Waals surface area contributed by atoms with E-state index in [0.29, 0.717) is 11.3 Å². The van der Waals surface area contributed by atoms with Gasteiger partial charge >= 0.3 is 5.69 Å². The first kappa shape index (κ1) is 29.3. The molecule has 0 saturated heterocycles. The van der Waals surface area contributed by atoms with Gasteiger partial charge in [0.1, 0.15) is 12.4 Å². The number of aryl methyl sites for hydroxylation is 1. The number of unbranched alkanes of at least 4 members (excludes halogenated alkanes) is 2. The summed E-state index contributed by atoms with van der Waals surface area (Å²) in [6.07, 6.45) is 8.00. The van der Waals surface area contributed by atoms with E-state index in [4.69, 9.17) is 14.5 Å². The third kappa shape index (κ3) is 7.18. The maximum atomic E-state index is 14.2. The van der Waals surface area contributed by atoms with Crippen molar-refractivity contribution >= 4 is 22.9 Å². The second-order valence-corrected chi connectivity index (χ2v) is 8.83. The van der Waals surface area contributed by atoms with Gasteiger partial charge in [0.15, 0.2) is 0 Å². The van der Waals surface area contributed by atoms with Crippen molar-refractivity contribution in [3.8, 4) is 17.6 Å². The Balaban J connectivity index is 2.12. The molecule has 0 aliphatic rings. The lowest BCUT2D eigenvalue weighted by atomic mass is 9.91. The number of halogens is 1. The fourth-order valence-corrected chi connectivity index (χ4v) is 4.24. The summed E-state index contributed by atoms with van der Waals surface area (Å²) in [5.41, 5.74) is 5.00. The van der Waals surface area contributed by atoms with Gasteiger partial charge < -0.3 is 14.8 Å². The maximum Gasteiger partial charge on any atom is 0.307 e. The first-order chi connectivity index (χ1) is 18.8. The van der Waals surface area contributed by atoms with Crippen molar-refractivity contribution < 1.29 is 18.8 Å². The van der Waals surface area contributed by atoms with Crippen molar-refractivity contribution in [1.82, 2.24) is 9.97 Å². The number of nitrogens with one attached hydrogen (secondary N) is 1. The van der Waals surface area contributed by atoms with Gasteiger partial charge in [0, 0.05) is 31.0 Å². The van der Waals surface area contributed by atoms with E-state index in [1.807, 2.05) is 19.1 Å². The summed E-state index contributed by atoms with van der Waals surface area (Å²) in [7, 11) is 2.92. The summed E-state index contributed by atoms with van der Waals surface area (Å²) in [5.74, 6) is 5.27. The molecule has 2 aromatic carbocycles. The van der Waals surface area contributed by atoms with E-state index >= 15 is 0 Å². The van der Waals surface area contributed by atoms with Crippen LogP contribution in [-0.4, -0.2) is 35.7 Å². The number of methoxy groups -OCH3 is 2. The number of allylic oxidation sites excluding steroid dienone is 1. The molecular formula is C30H33FN4O4. The number of nitro benzene ring substituents is 1. The highest BCUT2D eigenvalue weighted by atomic mass is 19.1. The molecule has 1 aromatic heterocycles. The lowest BCUT2D eigenvalue weighted by Gasteiger charge is -2.16. The summed E-state index contributed by atoms with van der Waals surface area (Å²) in [5, 5.41) is 14.3. The Morgan fingerprint density at radius 3 is 2.72 bits per heavy atom. The molecule has 0 amide bonds. The molecule has 0 radical (unpaired) electrons. The normalized spacial score (nSPS) is 11.1. The van der Waals surface area contributed by atoms with Gasteiger partial charge in [-0.2, -0.15) is 4.39 Å². The molecule has 0 unspecified atom stereocenters. The maximum absolute atomic E-state index is 14.2. The van der Waals surface area contributed by atoms with Crippen LogP contribution < -0.4 is 10.1 Å². The minimum Gasteiger partial charge on any atom is -0.494 e. The average Bonchev–Trinajstić information content (AvgIpc) is 2.92. The van der Waals surface area contributed by atoms with Gasteiger partial charge in [0.2, 0.25) is 11.8 Å². The third-order valence-electron chi connectivity index (χ3n) is 6.27. The molecule has 0 fully saturated rings. The van der Waals surface area contributed by atoms with Crippen molar-refractivity contribution in [2.45, 2.75) is 46.5 Å². The molecule has 3 aromatic rings. The van der Waals surface area contributed by atoms with Crippen LogP contribution in [0.1, 0.15) is 61.1 Å². The Hall–Kier alpha value is -4.29. The molecular weight excluding hydrogens is 499 g/mol. The molecule has 0 bridgehead atoms. The molecule has 204 valence electrons. The van der Waals surface area contributed by atoms with Crippen LogP contribution in [0.25, 0.3) is 5.57 Å². The van der Waals surface area contributed by atoms with E-state index in [1.165, 1.54) is 24.7 Å². The Morgan fingerprint density at radius 1 is 1.26 bits per heavy atom. The Morgan fingerprint density at radius 2 is 2.05 bits per heavy atom. The van der Waals surface area contributed by atoms with E-state index in [2.05, 4.69) is 48.1 Å². The van der Waals surface area contributed by atoms with E-state index < -0.39 is 16.4 Å². The fraction of sp³-hybridized carbons (Fsp3) is 0.333. The number of nitro groups is 1. The highest BCUT2D eigenvalue weighted by Gasteiger charge is 2.21. The molecule has 0 aliphatic carbocycles. The number of benzene rings is 2. The zero-order chi connectivity index (χ0) is 28.4. The van der Waals surface area contributed by atoms with E-state index in [1.54, 1.807) is 13.3 Å². The summed E-state index contributed by atoms with van der Waals surface area (Å²) in [4.78, 5) is 19.6. The van der Waals surface area contributed by atoms with Gasteiger partial charge in [-0.1, -0.05) is 55.9 Å². The van der Waals surface area contributed by atoms with Gasteiger partial charge in [-0.15, -0.1) is 0 Å². The van der Waals surface area contributed by atoms with Gasteiger partial charge in [-0.25, -0.2) is 9.97 Å². The zero-order valence-electron chi connectivity index (χ0n) is 22.9. The highest BCUT2D eigenvalue weighted by molar-refractivity contribution is 5.83. The van der Waals surface area contributed by atoms with Crippen molar-refractivity contribution in [3.05, 3.63) is 86.5 Å². The number of ether oxygens (including phenoxy) is 2. The number of anilines is 2. The average molecular weight is 533 g/mol. The SMILES string of the molecule is C/C=C(\c1cccc(CCCCC)c1C)c1nc(Nc2cc([N+](=O)[O-])c(F)cc2OC)ncc1C#CCOC. The smallest absolute Gasteiger partial charge is 0.307 e. The zero-order valence-corrected chi connectivity index (χ0v) is 22.9. The van der Waals surface area contributed by atoms with Crippen LogP contribution in [0.3, 0.4) is 0 Å². The molecule has 9 heteroatoms. The van der Waals surface area contributed by atoms with Crippen LogP contribution in [0, 0.1) is 34.7 Å². The predicted octanol–water partition coefficient (Wildman–Crippen LogP) is 6.77. The molecule has 1 heterocycles. The van der Waals surface area contributed by atoms with Crippen molar-refractivity contribution in [1.29, 1.82) is 0 Å². The van der Waals surface area contributed by atoms with Crippen LogP contribution in [-0.2, 0) is 11.2 Å². The first-order valence-corrected chi connectivity index (χ1v) is 12.7. The van der Waals surface area contributed by atoms with Crippen molar-refractivity contribution in [2.75, 3.05) is 26.1 Å². The number of hydrogen-bond donors (Lipinski definition) is 1. The van der Waals surface area contributed by atoms with Gasteiger partial charge in [-0.3, -0.25) is 10.1 Å². The van der Waals surface area contributed by atoms with Gasteiger partial charge in [0.25, 0.3) is 0 Å². The van der Waals surface area contributed by atoms with Gasteiger partial charge in [0.05, 0.1) is 29.0 Å². The molecule has 0 saturated carbocycles. The van der Waals surface area contributed by atoms with E-state index in [0.717, 1.165) is 42.5 Å². The van der Waals surface area contributed by atoms with Crippen LogP contribution in [0.5, 0.6) is 5.75 Å². The molecule has 8 nitrogen and oxygen atoms in total. The molecule has 0 atom stereocenters. The van der Waals surface area contributed by atoms with Crippen LogP contribution in [0.4, 0.5) is 21.7 Å². The molecule has 1 N–H and O–H groups in total. The second kappa shape index (κ2) is 14.0. The lowest BCUT2D eigenvalue weighted by Crippen LogP contribution is -2.06. The monoisotopic (exact) mass is 532 g/mol. The summed E-state index contributed by atoms with van der Waals surface area (Å²) in [6, 6.07) is 8.27. The Kier molecular flexibility index (Phi) is 10.5. The summed E-state index contributed by atoms with van der Waals surface area (Å²) < 4.78 is 24.5. The molecule has 3 rings (SSSR count). The second-order valence-electron chi connectivity index (χ2n) is 8.83. The standard InChI is InChI=1S/C30H33FN4O4/c1-6-8-9-12-21-13-10-15-24(20(21)3)23(7-2)29-22(14-11-16-38-4)19-32-30(34-29)33-26-18-27(35(36)37)25(31)17-28(26)39-5/h7,10,13,15,17-19H,6,8-9,12,16H2,1-5H3,(H,32,33,34)/b23-7+. The topological polar surface area (TPSA) is 99.4 Å². The highest BCUT2D eigenvalue weighted by Crippen LogP contribution is 2.34. The van der Waals surface area contributed by atoms with E-state index in [-0.39, 0.29) is 24.0 Å². The van der Waals surface area contributed by atoms with Crippen LogP contribution in [0.15, 0.2) is 42.6 Å². The number of nitrogens with zero attached hydrogens (tertiary/aromatic N) is 3. The number of rotatable bonds is 11. The summed E-state index contributed by atoms with van der Waals surface area (Å²) >= 11 is 0. The van der Waals surface area contributed by atoms with E-state index in [9.17, 15) is 14.5 Å². The largest absolute Gasteiger partial charge is 0.494 e. The lowest BCUT2D eigenvalue weighted by molar-refractivity contribution is -0.387. The minimum atomic E-state index is -1.00. The minimum absolute atomic E-state index is 0.0779.